The third-order valence-electron chi connectivity index (χ3n) is 4.71. The summed E-state index contributed by atoms with van der Waals surface area (Å²) >= 11 is 1.36. The zero-order valence-corrected chi connectivity index (χ0v) is 19.2. The Morgan fingerprint density at radius 3 is 2.59 bits per heavy atom. The minimum atomic E-state index is -0.235. The van der Waals surface area contributed by atoms with Crippen LogP contribution < -0.4 is 15.4 Å². The lowest BCUT2D eigenvalue weighted by Crippen LogP contribution is -2.39. The van der Waals surface area contributed by atoms with Gasteiger partial charge >= 0.3 is 6.03 Å². The first-order chi connectivity index (χ1) is 15.5. The van der Waals surface area contributed by atoms with Crippen LogP contribution in [0.4, 0.5) is 10.5 Å². The zero-order valence-electron chi connectivity index (χ0n) is 18.4. The first kappa shape index (κ1) is 23.2. The lowest BCUT2D eigenvalue weighted by Gasteiger charge is -2.26. The molecule has 0 saturated carbocycles. The SMILES string of the molecule is COc1ccc(NC(=O)N(Cc2nc(C(=O)NCCc3ccccn3)cs2)C(C)C)cc1. The van der Waals surface area contributed by atoms with E-state index in [0.29, 0.717) is 35.9 Å². The second kappa shape index (κ2) is 11.2. The van der Waals surface area contributed by atoms with Gasteiger partial charge in [-0.2, -0.15) is 0 Å². The van der Waals surface area contributed by atoms with Crippen molar-refractivity contribution in [2.45, 2.75) is 32.9 Å². The maximum Gasteiger partial charge on any atom is 0.322 e. The Balaban J connectivity index is 1.55. The van der Waals surface area contributed by atoms with Crippen molar-refractivity contribution >= 4 is 29.0 Å². The van der Waals surface area contributed by atoms with E-state index in [1.54, 1.807) is 47.9 Å². The average molecular weight is 454 g/mol. The van der Waals surface area contributed by atoms with E-state index >= 15 is 0 Å². The van der Waals surface area contributed by atoms with Gasteiger partial charge in [0, 0.05) is 42.0 Å². The molecule has 8 nitrogen and oxygen atoms in total. The Labute approximate surface area is 191 Å². The number of amides is 3. The number of anilines is 1. The maximum absolute atomic E-state index is 12.8. The fourth-order valence-electron chi connectivity index (χ4n) is 2.93. The van der Waals surface area contributed by atoms with Gasteiger partial charge in [-0.05, 0) is 50.2 Å². The van der Waals surface area contributed by atoms with Crippen molar-refractivity contribution in [2.24, 2.45) is 0 Å². The van der Waals surface area contributed by atoms with Crippen LogP contribution in [0.2, 0.25) is 0 Å². The zero-order chi connectivity index (χ0) is 22.9. The molecule has 2 heterocycles. The Morgan fingerprint density at radius 1 is 1.16 bits per heavy atom. The van der Waals surface area contributed by atoms with Gasteiger partial charge in [-0.3, -0.25) is 9.78 Å². The topological polar surface area (TPSA) is 96.5 Å². The van der Waals surface area contributed by atoms with Gasteiger partial charge < -0.3 is 20.3 Å². The number of ether oxygens (including phenoxy) is 1. The number of hydrogen-bond donors (Lipinski definition) is 2. The molecule has 0 spiro atoms. The van der Waals surface area contributed by atoms with Crippen LogP contribution in [0.25, 0.3) is 0 Å². The number of carbonyl (C=O) groups is 2. The van der Waals surface area contributed by atoms with E-state index in [0.717, 1.165) is 11.4 Å². The molecule has 9 heteroatoms. The molecule has 3 aromatic rings. The van der Waals surface area contributed by atoms with Crippen LogP contribution in [-0.2, 0) is 13.0 Å². The van der Waals surface area contributed by atoms with Crippen molar-refractivity contribution in [1.29, 1.82) is 0 Å². The van der Waals surface area contributed by atoms with Crippen molar-refractivity contribution in [3.63, 3.8) is 0 Å². The summed E-state index contributed by atoms with van der Waals surface area (Å²) in [7, 11) is 1.59. The van der Waals surface area contributed by atoms with Crippen LogP contribution in [0.15, 0.2) is 54.0 Å². The standard InChI is InChI=1S/C23H27N5O3S/c1-16(2)28(23(30)26-18-7-9-19(31-3)10-8-18)14-21-27-20(15-32-21)22(29)25-13-11-17-6-4-5-12-24-17/h4-10,12,15-16H,11,13-14H2,1-3H3,(H,25,29)(H,26,30). The van der Waals surface area contributed by atoms with Gasteiger partial charge in [0.1, 0.15) is 16.5 Å². The number of carbonyl (C=O) groups excluding carboxylic acids is 2. The van der Waals surface area contributed by atoms with Crippen molar-refractivity contribution in [3.05, 3.63) is 70.4 Å². The Morgan fingerprint density at radius 2 is 1.94 bits per heavy atom. The summed E-state index contributed by atoms with van der Waals surface area (Å²) in [4.78, 5) is 35.5. The fourth-order valence-corrected chi connectivity index (χ4v) is 3.70. The van der Waals surface area contributed by atoms with E-state index < -0.39 is 0 Å². The quantitative estimate of drug-likeness (QED) is 0.511. The van der Waals surface area contributed by atoms with E-state index in [9.17, 15) is 9.59 Å². The van der Waals surface area contributed by atoms with Gasteiger partial charge in [-0.15, -0.1) is 11.3 Å². The molecule has 0 saturated heterocycles. The van der Waals surface area contributed by atoms with E-state index in [2.05, 4.69) is 20.6 Å². The Kier molecular flexibility index (Phi) is 8.15. The van der Waals surface area contributed by atoms with Gasteiger partial charge in [-0.25, -0.2) is 9.78 Å². The molecule has 0 radical (unpaired) electrons. The predicted octanol–water partition coefficient (Wildman–Crippen LogP) is 3.96. The minimum Gasteiger partial charge on any atom is -0.497 e. The summed E-state index contributed by atoms with van der Waals surface area (Å²) in [6, 6.07) is 12.6. The number of rotatable bonds is 9. The van der Waals surface area contributed by atoms with Crippen LogP contribution in [-0.4, -0.2) is 46.5 Å². The third-order valence-corrected chi connectivity index (χ3v) is 5.54. The molecule has 168 valence electrons. The van der Waals surface area contributed by atoms with Gasteiger partial charge in [0.2, 0.25) is 0 Å². The number of nitrogens with zero attached hydrogens (tertiary/aromatic N) is 3. The van der Waals surface area contributed by atoms with Crippen LogP contribution in [0, 0.1) is 0 Å². The summed E-state index contributed by atoms with van der Waals surface area (Å²) in [6.07, 6.45) is 2.38. The normalized spacial score (nSPS) is 10.6. The van der Waals surface area contributed by atoms with E-state index in [4.69, 9.17) is 4.74 Å². The van der Waals surface area contributed by atoms with Gasteiger partial charge in [0.15, 0.2) is 0 Å². The van der Waals surface area contributed by atoms with E-state index in [-0.39, 0.29) is 18.0 Å². The summed E-state index contributed by atoms with van der Waals surface area (Å²) in [5, 5.41) is 8.16. The lowest BCUT2D eigenvalue weighted by atomic mass is 10.2. The molecule has 0 aliphatic rings. The largest absolute Gasteiger partial charge is 0.497 e. The number of methoxy groups -OCH3 is 1. The number of benzene rings is 1. The Hall–Kier alpha value is -3.46. The molecule has 32 heavy (non-hydrogen) atoms. The number of aromatic nitrogens is 2. The van der Waals surface area contributed by atoms with Gasteiger partial charge in [-0.1, -0.05) is 6.07 Å². The molecular weight excluding hydrogens is 426 g/mol. The smallest absolute Gasteiger partial charge is 0.322 e. The number of thiazole rings is 1. The van der Waals surface area contributed by atoms with Crippen molar-refractivity contribution in [3.8, 4) is 5.75 Å². The maximum atomic E-state index is 12.8. The number of nitrogens with one attached hydrogen (secondary N) is 2. The molecule has 0 fully saturated rings. The highest BCUT2D eigenvalue weighted by molar-refractivity contribution is 7.09. The first-order valence-electron chi connectivity index (χ1n) is 10.3. The summed E-state index contributed by atoms with van der Waals surface area (Å²) in [5.41, 5.74) is 1.95. The average Bonchev–Trinajstić information content (AvgIpc) is 3.27. The first-order valence-corrected chi connectivity index (χ1v) is 11.2. The predicted molar refractivity (Wildman–Crippen MR) is 125 cm³/mol. The second-order valence-electron chi connectivity index (χ2n) is 7.33. The molecule has 0 unspecified atom stereocenters. The van der Waals surface area contributed by atoms with Crippen LogP contribution in [0.5, 0.6) is 5.75 Å². The van der Waals surface area contributed by atoms with Crippen molar-refractivity contribution in [2.75, 3.05) is 19.0 Å². The van der Waals surface area contributed by atoms with Crippen LogP contribution in [0.1, 0.15) is 35.0 Å². The molecule has 2 N–H and O–H groups in total. The molecular formula is C23H27N5O3S. The fraction of sp³-hybridized carbons (Fsp3) is 0.304. The summed E-state index contributed by atoms with van der Waals surface area (Å²) in [5.74, 6) is 0.486. The molecule has 0 bridgehead atoms. The molecule has 3 rings (SSSR count). The summed E-state index contributed by atoms with van der Waals surface area (Å²) < 4.78 is 5.14. The Bertz CT molecular complexity index is 1020. The highest BCUT2D eigenvalue weighted by Gasteiger charge is 2.20. The van der Waals surface area contributed by atoms with Gasteiger partial charge in [0.05, 0.1) is 13.7 Å². The lowest BCUT2D eigenvalue weighted by molar-refractivity contribution is 0.0949. The molecule has 0 atom stereocenters. The number of hydrogen-bond acceptors (Lipinski definition) is 6. The minimum absolute atomic E-state index is 0.0483. The second-order valence-corrected chi connectivity index (χ2v) is 8.28. The van der Waals surface area contributed by atoms with E-state index in [1.165, 1.54) is 11.3 Å². The number of pyridine rings is 1. The molecule has 0 aliphatic carbocycles. The number of urea groups is 1. The molecule has 0 aliphatic heterocycles. The molecule has 2 aromatic heterocycles. The monoisotopic (exact) mass is 453 g/mol. The van der Waals surface area contributed by atoms with Gasteiger partial charge in [0.25, 0.3) is 5.91 Å². The van der Waals surface area contributed by atoms with Crippen molar-refractivity contribution in [1.82, 2.24) is 20.2 Å². The van der Waals surface area contributed by atoms with Crippen LogP contribution >= 0.6 is 11.3 Å². The van der Waals surface area contributed by atoms with Crippen molar-refractivity contribution < 1.29 is 14.3 Å². The highest BCUT2D eigenvalue weighted by atomic mass is 32.1. The highest BCUT2D eigenvalue weighted by Crippen LogP contribution is 2.18. The molecule has 3 amide bonds. The van der Waals surface area contributed by atoms with Crippen LogP contribution in [0.3, 0.4) is 0 Å². The summed E-state index contributed by atoms with van der Waals surface area (Å²) in [6.45, 7) is 4.66. The van der Waals surface area contributed by atoms with E-state index in [1.807, 2.05) is 32.0 Å². The molecule has 1 aromatic carbocycles. The third kappa shape index (κ3) is 6.52.